The number of hydrogen-bond acceptors (Lipinski definition) is 4. The Morgan fingerprint density at radius 2 is 1.58 bits per heavy atom. The number of aromatic hydroxyl groups is 3. The lowest BCUT2D eigenvalue weighted by atomic mass is 10.1. The molecular weight excluding hydrogens is 242 g/mol. The summed E-state index contributed by atoms with van der Waals surface area (Å²) >= 11 is 0. The normalized spacial score (nSPS) is 12.1. The zero-order valence-corrected chi connectivity index (χ0v) is 10.9. The first-order chi connectivity index (χ1) is 8.95. The Labute approximate surface area is 112 Å². The zero-order valence-electron chi connectivity index (χ0n) is 10.9. The van der Waals surface area contributed by atoms with Crippen molar-refractivity contribution in [3.8, 4) is 17.2 Å². The lowest BCUT2D eigenvalue weighted by molar-refractivity contribution is 0.448. The van der Waals surface area contributed by atoms with Gasteiger partial charge in [0, 0.05) is 17.8 Å². The Morgan fingerprint density at radius 3 is 2.16 bits per heavy atom. The van der Waals surface area contributed by atoms with Crippen molar-refractivity contribution in [2.24, 2.45) is 0 Å². The highest BCUT2D eigenvalue weighted by Crippen LogP contribution is 2.28. The first kappa shape index (κ1) is 13.1. The van der Waals surface area contributed by atoms with Gasteiger partial charge in [-0.1, -0.05) is 0 Å². The molecule has 0 aliphatic rings. The van der Waals surface area contributed by atoms with Crippen molar-refractivity contribution >= 4 is 5.69 Å². The SMILES string of the molecule is Cc1cc(NC(C)c2cc(O)cc(O)c2)ccc1O. The largest absolute Gasteiger partial charge is 0.508 e. The summed E-state index contributed by atoms with van der Waals surface area (Å²) in [6.07, 6.45) is 0. The second kappa shape index (κ2) is 5.10. The van der Waals surface area contributed by atoms with Gasteiger partial charge in [0.15, 0.2) is 0 Å². The molecule has 2 aromatic rings. The molecule has 0 saturated heterocycles. The number of benzene rings is 2. The van der Waals surface area contributed by atoms with Crippen molar-refractivity contribution in [1.29, 1.82) is 0 Å². The van der Waals surface area contributed by atoms with Gasteiger partial charge in [-0.2, -0.15) is 0 Å². The molecule has 0 radical (unpaired) electrons. The third-order valence-electron chi connectivity index (χ3n) is 3.00. The van der Waals surface area contributed by atoms with E-state index in [-0.39, 0.29) is 23.3 Å². The summed E-state index contributed by atoms with van der Waals surface area (Å²) in [5.74, 6) is 0.323. The third kappa shape index (κ3) is 3.10. The molecule has 0 aliphatic heterocycles. The fourth-order valence-electron chi connectivity index (χ4n) is 1.95. The molecule has 4 N–H and O–H groups in total. The van der Waals surface area contributed by atoms with Gasteiger partial charge in [-0.05, 0) is 55.3 Å². The van der Waals surface area contributed by atoms with E-state index >= 15 is 0 Å². The van der Waals surface area contributed by atoms with Crippen LogP contribution >= 0.6 is 0 Å². The van der Waals surface area contributed by atoms with Crippen LogP contribution in [0.15, 0.2) is 36.4 Å². The van der Waals surface area contributed by atoms with Crippen molar-refractivity contribution in [2.45, 2.75) is 19.9 Å². The van der Waals surface area contributed by atoms with Gasteiger partial charge in [0.2, 0.25) is 0 Å². The van der Waals surface area contributed by atoms with Crippen LogP contribution in [-0.4, -0.2) is 15.3 Å². The molecule has 0 amide bonds. The second-order valence-electron chi connectivity index (χ2n) is 4.65. The van der Waals surface area contributed by atoms with E-state index in [2.05, 4.69) is 5.32 Å². The van der Waals surface area contributed by atoms with Crippen LogP contribution in [0.25, 0.3) is 0 Å². The average Bonchev–Trinajstić information content (AvgIpc) is 2.32. The van der Waals surface area contributed by atoms with Gasteiger partial charge >= 0.3 is 0 Å². The van der Waals surface area contributed by atoms with Crippen LogP contribution < -0.4 is 5.32 Å². The zero-order chi connectivity index (χ0) is 14.0. The van der Waals surface area contributed by atoms with Gasteiger partial charge in [-0.25, -0.2) is 0 Å². The van der Waals surface area contributed by atoms with Crippen molar-refractivity contribution in [3.63, 3.8) is 0 Å². The molecule has 0 aliphatic carbocycles. The molecule has 0 bridgehead atoms. The average molecular weight is 259 g/mol. The smallest absolute Gasteiger partial charge is 0.119 e. The molecule has 19 heavy (non-hydrogen) atoms. The number of phenols is 3. The molecule has 1 unspecified atom stereocenters. The van der Waals surface area contributed by atoms with Crippen LogP contribution in [0, 0.1) is 6.92 Å². The lowest BCUT2D eigenvalue weighted by Crippen LogP contribution is -2.06. The van der Waals surface area contributed by atoms with Crippen LogP contribution in [0.1, 0.15) is 24.1 Å². The number of hydrogen-bond donors (Lipinski definition) is 4. The van der Waals surface area contributed by atoms with Gasteiger partial charge < -0.3 is 20.6 Å². The van der Waals surface area contributed by atoms with E-state index < -0.39 is 0 Å². The number of aryl methyl sites for hydroxylation is 1. The van der Waals surface area contributed by atoms with Crippen LogP contribution in [0.4, 0.5) is 5.69 Å². The fraction of sp³-hybridized carbons (Fsp3) is 0.200. The monoisotopic (exact) mass is 259 g/mol. The maximum absolute atomic E-state index is 9.47. The number of anilines is 1. The van der Waals surface area contributed by atoms with Crippen LogP contribution in [0.2, 0.25) is 0 Å². The topological polar surface area (TPSA) is 72.7 Å². The van der Waals surface area contributed by atoms with Crippen LogP contribution in [-0.2, 0) is 0 Å². The molecule has 100 valence electrons. The Bertz CT molecular complexity index is 576. The summed E-state index contributed by atoms with van der Waals surface area (Å²) in [5.41, 5.74) is 2.44. The summed E-state index contributed by atoms with van der Waals surface area (Å²) in [4.78, 5) is 0. The molecule has 1 atom stereocenters. The van der Waals surface area contributed by atoms with E-state index in [1.807, 2.05) is 19.9 Å². The molecule has 0 heterocycles. The molecule has 0 spiro atoms. The lowest BCUT2D eigenvalue weighted by Gasteiger charge is -2.17. The maximum atomic E-state index is 9.47. The van der Waals surface area contributed by atoms with Gasteiger partial charge in [0.1, 0.15) is 17.2 Å². The van der Waals surface area contributed by atoms with E-state index in [0.717, 1.165) is 16.8 Å². The van der Waals surface area contributed by atoms with Crippen molar-refractivity contribution in [2.75, 3.05) is 5.32 Å². The number of rotatable bonds is 3. The highest BCUT2D eigenvalue weighted by molar-refractivity contribution is 5.52. The Kier molecular flexibility index (Phi) is 3.51. The van der Waals surface area contributed by atoms with E-state index in [0.29, 0.717) is 0 Å². The minimum absolute atomic E-state index is 0.0329. The maximum Gasteiger partial charge on any atom is 0.119 e. The van der Waals surface area contributed by atoms with Gasteiger partial charge in [-0.15, -0.1) is 0 Å². The van der Waals surface area contributed by atoms with E-state index in [1.54, 1.807) is 24.3 Å². The molecule has 4 nitrogen and oxygen atoms in total. The first-order valence-electron chi connectivity index (χ1n) is 6.05. The predicted octanol–water partition coefficient (Wildman–Crippen LogP) is 3.28. The molecular formula is C15H17NO3. The predicted molar refractivity (Wildman–Crippen MR) is 74.7 cm³/mol. The van der Waals surface area contributed by atoms with Crippen LogP contribution in [0.3, 0.4) is 0 Å². The first-order valence-corrected chi connectivity index (χ1v) is 6.05. The highest BCUT2D eigenvalue weighted by atomic mass is 16.3. The number of phenolic OH excluding ortho intramolecular Hbond substituents is 3. The fourth-order valence-corrected chi connectivity index (χ4v) is 1.95. The minimum Gasteiger partial charge on any atom is -0.508 e. The summed E-state index contributed by atoms with van der Waals surface area (Å²) in [7, 11) is 0. The minimum atomic E-state index is -0.0815. The van der Waals surface area contributed by atoms with Crippen molar-refractivity contribution < 1.29 is 15.3 Å². The van der Waals surface area contributed by atoms with Crippen molar-refractivity contribution in [3.05, 3.63) is 47.5 Å². The van der Waals surface area contributed by atoms with E-state index in [4.69, 9.17) is 0 Å². The van der Waals surface area contributed by atoms with E-state index in [9.17, 15) is 15.3 Å². The summed E-state index contributed by atoms with van der Waals surface area (Å²) in [5, 5.41) is 31.7. The highest BCUT2D eigenvalue weighted by Gasteiger charge is 2.08. The Balaban J connectivity index is 2.20. The summed E-state index contributed by atoms with van der Waals surface area (Å²) in [6.45, 7) is 3.75. The Morgan fingerprint density at radius 1 is 0.947 bits per heavy atom. The molecule has 2 rings (SSSR count). The second-order valence-corrected chi connectivity index (χ2v) is 4.65. The van der Waals surface area contributed by atoms with Gasteiger partial charge in [-0.3, -0.25) is 0 Å². The van der Waals surface area contributed by atoms with Gasteiger partial charge in [0.25, 0.3) is 0 Å². The molecule has 0 aromatic heterocycles. The molecule has 2 aromatic carbocycles. The molecule has 0 saturated carbocycles. The standard InChI is InChI=1S/C15H17NO3/c1-9-5-12(3-4-15(9)19)16-10(2)11-6-13(17)8-14(18)7-11/h3-8,10,16-19H,1-2H3. The van der Waals surface area contributed by atoms with Gasteiger partial charge in [0.05, 0.1) is 0 Å². The van der Waals surface area contributed by atoms with Crippen LogP contribution in [0.5, 0.6) is 17.2 Å². The third-order valence-corrected chi connectivity index (χ3v) is 3.00. The molecule has 0 fully saturated rings. The summed E-state index contributed by atoms with van der Waals surface area (Å²) in [6, 6.07) is 9.67. The summed E-state index contributed by atoms with van der Waals surface area (Å²) < 4.78 is 0. The van der Waals surface area contributed by atoms with E-state index in [1.165, 1.54) is 6.07 Å². The quantitative estimate of drug-likeness (QED) is 0.638. The molecule has 4 heteroatoms. The number of nitrogens with one attached hydrogen (secondary N) is 1. The Hall–Kier alpha value is -2.36. The van der Waals surface area contributed by atoms with Crippen molar-refractivity contribution in [1.82, 2.24) is 0 Å².